The Bertz CT molecular complexity index is 1940. The highest BCUT2D eigenvalue weighted by molar-refractivity contribution is 6.67. The SMILES string of the molecule is CCCCCCCCCCCCCCCCCCc1cc(B2OC(C)(C)C(C)(C)O2)c2ccc3c(CCCCCCCCCCCCCCCCCC)cc(B4OC(C)(C)C(C)(C)O4)c4ccc1c2c34. The Balaban J connectivity index is 1.14. The van der Waals surface area contributed by atoms with E-state index in [1.807, 2.05) is 0 Å². The highest BCUT2D eigenvalue weighted by Crippen LogP contribution is 2.43. The predicted octanol–water partition coefficient (Wildman–Crippen LogP) is 18.8. The van der Waals surface area contributed by atoms with Crippen LogP contribution in [0.15, 0.2) is 36.4 Å². The van der Waals surface area contributed by atoms with Crippen LogP contribution in [0.5, 0.6) is 0 Å². The van der Waals surface area contributed by atoms with Crippen molar-refractivity contribution in [1.29, 1.82) is 0 Å². The second kappa shape index (κ2) is 28.0. The minimum atomic E-state index is -0.425. The largest absolute Gasteiger partial charge is 0.495 e. The average Bonchev–Trinajstić information content (AvgIpc) is 3.69. The molecule has 4 aromatic rings. The van der Waals surface area contributed by atoms with Crippen LogP contribution in [-0.2, 0) is 31.5 Å². The lowest BCUT2D eigenvalue weighted by atomic mass is 9.70. The molecule has 0 unspecified atom stereocenters. The molecule has 6 heteroatoms. The molecule has 0 bridgehead atoms. The lowest BCUT2D eigenvalue weighted by Gasteiger charge is -2.32. The maximum Gasteiger partial charge on any atom is 0.495 e. The average molecular weight is 959 g/mol. The Morgan fingerprint density at radius 1 is 0.300 bits per heavy atom. The zero-order chi connectivity index (χ0) is 50.0. The van der Waals surface area contributed by atoms with E-state index in [1.165, 1.54) is 260 Å². The fourth-order valence-electron chi connectivity index (χ4n) is 11.7. The first-order valence-corrected chi connectivity index (χ1v) is 30.2. The van der Waals surface area contributed by atoms with Crippen molar-refractivity contribution in [2.45, 2.75) is 310 Å². The van der Waals surface area contributed by atoms with Crippen LogP contribution in [0.4, 0.5) is 0 Å². The van der Waals surface area contributed by atoms with Crippen molar-refractivity contribution < 1.29 is 18.6 Å². The molecule has 4 nitrogen and oxygen atoms in total. The Morgan fingerprint density at radius 2 is 0.514 bits per heavy atom. The Labute approximate surface area is 431 Å². The first-order chi connectivity index (χ1) is 33.7. The van der Waals surface area contributed by atoms with Gasteiger partial charge in [-0.25, -0.2) is 0 Å². The van der Waals surface area contributed by atoms with Crippen LogP contribution in [0.2, 0.25) is 0 Å². The topological polar surface area (TPSA) is 36.9 Å². The van der Waals surface area contributed by atoms with Crippen molar-refractivity contribution in [2.75, 3.05) is 0 Å². The van der Waals surface area contributed by atoms with E-state index in [4.69, 9.17) is 18.6 Å². The number of hydrogen-bond acceptors (Lipinski definition) is 4. The van der Waals surface area contributed by atoms with Gasteiger partial charge < -0.3 is 18.6 Å². The van der Waals surface area contributed by atoms with Gasteiger partial charge >= 0.3 is 14.2 Å². The molecular formula is C64H104B2O4. The van der Waals surface area contributed by atoms with Crippen molar-refractivity contribution in [1.82, 2.24) is 0 Å². The summed E-state index contributed by atoms with van der Waals surface area (Å²) in [6, 6.07) is 14.6. The summed E-state index contributed by atoms with van der Waals surface area (Å²) in [7, 11) is -0.850. The minimum absolute atomic E-state index is 0.417. The standard InChI is InChI=1S/C64H104B2O4/c1-11-13-15-17-19-21-23-25-27-29-31-33-35-37-39-41-43-51-49-57(65-67-61(3,4)62(5,6)68-65)55-48-46-54-52(44-42-40-38-36-34-32-30-28-26-24-22-20-18-16-14-12-2)50-58(56-47-45-53(51)59(55)60(54)56)66-69-63(7,8)64(9,10)70-66/h45-50H,11-44H2,1-10H3. The van der Waals surface area contributed by atoms with E-state index in [2.05, 4.69) is 106 Å². The van der Waals surface area contributed by atoms with Crippen LogP contribution >= 0.6 is 0 Å². The molecule has 0 aliphatic carbocycles. The van der Waals surface area contributed by atoms with Gasteiger partial charge in [0.2, 0.25) is 0 Å². The molecule has 70 heavy (non-hydrogen) atoms. The molecule has 0 atom stereocenters. The van der Waals surface area contributed by atoms with Gasteiger partial charge in [-0.15, -0.1) is 0 Å². The van der Waals surface area contributed by atoms with Crippen molar-refractivity contribution in [3.8, 4) is 0 Å². The summed E-state index contributed by atoms with van der Waals surface area (Å²) in [5.74, 6) is 0. The van der Waals surface area contributed by atoms with Crippen molar-refractivity contribution in [3.63, 3.8) is 0 Å². The van der Waals surface area contributed by atoms with Crippen LogP contribution in [0.1, 0.15) is 286 Å². The molecule has 0 amide bonds. The number of benzene rings is 4. The van der Waals surface area contributed by atoms with Crippen molar-refractivity contribution in [2.24, 2.45) is 0 Å². The molecule has 0 spiro atoms. The van der Waals surface area contributed by atoms with Crippen LogP contribution in [0, 0.1) is 0 Å². The summed E-state index contributed by atoms with van der Waals surface area (Å²) in [6.07, 6.45) is 46.5. The summed E-state index contributed by atoms with van der Waals surface area (Å²) in [5, 5.41) is 7.99. The normalized spacial score (nSPS) is 17.4. The minimum Gasteiger partial charge on any atom is -0.399 e. The van der Waals surface area contributed by atoms with Gasteiger partial charge in [0.15, 0.2) is 0 Å². The van der Waals surface area contributed by atoms with E-state index >= 15 is 0 Å². The maximum absolute atomic E-state index is 6.88. The fourth-order valence-corrected chi connectivity index (χ4v) is 11.7. The summed E-state index contributed by atoms with van der Waals surface area (Å²) in [4.78, 5) is 0. The smallest absolute Gasteiger partial charge is 0.399 e. The number of rotatable bonds is 36. The Kier molecular flexibility index (Phi) is 22.8. The second-order valence-electron chi connectivity index (χ2n) is 24.6. The van der Waals surface area contributed by atoms with Crippen LogP contribution in [0.3, 0.4) is 0 Å². The lowest BCUT2D eigenvalue weighted by Crippen LogP contribution is -2.41. The number of hydrogen-bond donors (Lipinski definition) is 0. The van der Waals surface area contributed by atoms with Crippen LogP contribution in [0.25, 0.3) is 32.3 Å². The molecular weight excluding hydrogens is 854 g/mol. The molecule has 2 saturated heterocycles. The zero-order valence-corrected chi connectivity index (χ0v) is 47.3. The molecule has 6 rings (SSSR count). The predicted molar refractivity (Wildman–Crippen MR) is 308 cm³/mol. The number of unbranched alkanes of at least 4 members (excludes halogenated alkanes) is 30. The molecule has 2 fully saturated rings. The Morgan fingerprint density at radius 3 is 0.757 bits per heavy atom. The van der Waals surface area contributed by atoms with Gasteiger partial charge in [0.05, 0.1) is 22.4 Å². The summed E-state index contributed by atoms with van der Waals surface area (Å²) >= 11 is 0. The molecule has 0 radical (unpaired) electrons. The zero-order valence-electron chi connectivity index (χ0n) is 47.3. The first kappa shape index (κ1) is 57.2. The third kappa shape index (κ3) is 15.5. The Hall–Kier alpha value is -2.11. The molecule has 0 aromatic heterocycles. The van der Waals surface area contributed by atoms with E-state index in [0.29, 0.717) is 0 Å². The lowest BCUT2D eigenvalue weighted by molar-refractivity contribution is 0.00578. The van der Waals surface area contributed by atoms with Crippen LogP contribution < -0.4 is 10.9 Å². The molecule has 2 aliphatic heterocycles. The van der Waals surface area contributed by atoms with Crippen molar-refractivity contribution in [3.05, 3.63) is 47.5 Å². The van der Waals surface area contributed by atoms with Gasteiger partial charge in [-0.1, -0.05) is 243 Å². The van der Waals surface area contributed by atoms with E-state index in [1.54, 1.807) is 0 Å². The molecule has 2 aliphatic rings. The molecule has 0 N–H and O–H groups in total. The monoisotopic (exact) mass is 959 g/mol. The highest BCUT2D eigenvalue weighted by Gasteiger charge is 2.53. The van der Waals surface area contributed by atoms with E-state index in [0.717, 1.165) is 12.8 Å². The number of aryl methyl sites for hydroxylation is 2. The van der Waals surface area contributed by atoms with Gasteiger partial charge in [0, 0.05) is 0 Å². The second-order valence-corrected chi connectivity index (χ2v) is 24.6. The van der Waals surface area contributed by atoms with Gasteiger partial charge in [-0.3, -0.25) is 0 Å². The third-order valence-corrected chi connectivity index (χ3v) is 17.7. The molecule has 4 aromatic carbocycles. The van der Waals surface area contributed by atoms with Crippen LogP contribution in [-0.4, -0.2) is 36.6 Å². The summed E-state index contributed by atoms with van der Waals surface area (Å²) < 4.78 is 27.5. The van der Waals surface area contributed by atoms with E-state index in [9.17, 15) is 0 Å². The summed E-state index contributed by atoms with van der Waals surface area (Å²) in [5.41, 5.74) is 3.54. The highest BCUT2D eigenvalue weighted by atomic mass is 16.7. The fraction of sp³-hybridized carbons (Fsp3) is 0.750. The summed E-state index contributed by atoms with van der Waals surface area (Å²) in [6.45, 7) is 22.1. The van der Waals surface area contributed by atoms with Gasteiger partial charge in [0.1, 0.15) is 0 Å². The quantitative estimate of drug-likeness (QED) is 0.0259. The molecule has 2 heterocycles. The molecule has 0 saturated carbocycles. The van der Waals surface area contributed by atoms with Gasteiger partial charge in [-0.2, -0.15) is 0 Å². The van der Waals surface area contributed by atoms with Gasteiger partial charge in [-0.05, 0) is 135 Å². The van der Waals surface area contributed by atoms with E-state index < -0.39 is 36.6 Å². The van der Waals surface area contributed by atoms with E-state index in [-0.39, 0.29) is 0 Å². The van der Waals surface area contributed by atoms with Crippen molar-refractivity contribution >= 4 is 57.5 Å². The first-order valence-electron chi connectivity index (χ1n) is 30.2. The maximum atomic E-state index is 6.88. The van der Waals surface area contributed by atoms with Gasteiger partial charge in [0.25, 0.3) is 0 Å². The third-order valence-electron chi connectivity index (χ3n) is 17.7. The molecule has 390 valence electrons.